The average Bonchev–Trinajstić information content (AvgIpc) is 3.52. The fourth-order valence-corrected chi connectivity index (χ4v) is 7.68. The first-order valence-corrected chi connectivity index (χ1v) is 15.4. The third-order valence-electron chi connectivity index (χ3n) is 9.29. The number of hydrogen-bond acceptors (Lipinski definition) is 3. The van der Waals surface area contributed by atoms with Crippen LogP contribution in [-0.4, -0.2) is 28.5 Å². The molecule has 0 aliphatic carbocycles. The van der Waals surface area contributed by atoms with Gasteiger partial charge in [0.25, 0.3) is 11.8 Å². The molecule has 4 atom stereocenters. The van der Waals surface area contributed by atoms with Gasteiger partial charge in [-0.05, 0) is 47.0 Å². The van der Waals surface area contributed by atoms with Gasteiger partial charge in [0.2, 0.25) is 0 Å². The second-order valence-electron chi connectivity index (χ2n) is 11.6. The summed E-state index contributed by atoms with van der Waals surface area (Å²) in [4.78, 5) is 46.6. The van der Waals surface area contributed by atoms with Crippen molar-refractivity contribution in [2.75, 3.05) is 5.32 Å². The summed E-state index contributed by atoms with van der Waals surface area (Å²) in [5.74, 6) is -2.18. The van der Waals surface area contributed by atoms with E-state index < -0.39 is 23.4 Å². The number of anilines is 1. The Morgan fingerprint density at radius 2 is 1.50 bits per heavy atom. The number of para-hydroxylation sites is 1. The summed E-state index contributed by atoms with van der Waals surface area (Å²) in [7, 11) is 0. The number of benzene rings is 5. The molecule has 0 saturated carbocycles. The summed E-state index contributed by atoms with van der Waals surface area (Å²) in [5.41, 5.74) is 1.55. The maximum atomic E-state index is 15.2. The van der Waals surface area contributed by atoms with Crippen LogP contribution < -0.4 is 5.32 Å². The zero-order chi connectivity index (χ0) is 30.4. The molecule has 6 heteroatoms. The molecule has 5 aromatic rings. The topological polar surface area (TPSA) is 66.5 Å². The third-order valence-corrected chi connectivity index (χ3v) is 9.54. The first-order valence-electron chi connectivity index (χ1n) is 15.0. The first kappa shape index (κ1) is 28.1. The van der Waals surface area contributed by atoms with Crippen molar-refractivity contribution in [1.29, 1.82) is 0 Å². The summed E-state index contributed by atoms with van der Waals surface area (Å²) < 4.78 is 0. The van der Waals surface area contributed by atoms with Gasteiger partial charge in [0, 0.05) is 39.4 Å². The highest BCUT2D eigenvalue weighted by Gasteiger charge is 2.69. The van der Waals surface area contributed by atoms with Crippen molar-refractivity contribution in [2.45, 2.75) is 37.3 Å². The molecule has 2 amide bonds. The Balaban J connectivity index is 1.56. The fraction of sp³-hybridized carbons (Fsp3) is 0.184. The van der Waals surface area contributed by atoms with E-state index in [0.717, 1.165) is 22.8 Å². The van der Waals surface area contributed by atoms with Crippen LogP contribution in [0.4, 0.5) is 5.69 Å². The van der Waals surface area contributed by atoms with Gasteiger partial charge < -0.3 is 10.2 Å². The zero-order valence-electron chi connectivity index (χ0n) is 24.2. The van der Waals surface area contributed by atoms with E-state index in [2.05, 4.69) is 12.2 Å². The molecule has 1 spiro atoms. The number of ketones is 1. The quantitative estimate of drug-likeness (QED) is 0.200. The van der Waals surface area contributed by atoms with E-state index in [1.54, 1.807) is 17.0 Å². The van der Waals surface area contributed by atoms with Crippen LogP contribution in [0.3, 0.4) is 0 Å². The van der Waals surface area contributed by atoms with Gasteiger partial charge in [-0.2, -0.15) is 0 Å². The molecule has 44 heavy (non-hydrogen) atoms. The molecule has 2 heterocycles. The number of carbonyl (C=O) groups excluding carboxylic acids is 3. The Bertz CT molecular complexity index is 1900. The normalized spacial score (nSPS) is 22.3. The van der Waals surface area contributed by atoms with Crippen LogP contribution >= 0.6 is 11.6 Å². The molecular weight excluding hydrogens is 568 g/mol. The lowest BCUT2D eigenvalue weighted by Gasteiger charge is -2.39. The minimum atomic E-state index is -1.58. The number of nitrogens with one attached hydrogen (secondary N) is 1. The molecule has 2 aliphatic heterocycles. The highest BCUT2D eigenvalue weighted by molar-refractivity contribution is 6.30. The van der Waals surface area contributed by atoms with Crippen LogP contribution in [0.25, 0.3) is 10.8 Å². The molecule has 5 aromatic carbocycles. The van der Waals surface area contributed by atoms with E-state index in [0.29, 0.717) is 33.8 Å². The predicted octanol–water partition coefficient (Wildman–Crippen LogP) is 8.25. The SMILES string of the molecule is CCCC1C(c2ccc(Cl)cc2)C(C(=O)c2ccccc2)C2(C(=O)Nc3ccccc32)N1C(=O)c1cccc2ccccc12. The van der Waals surface area contributed by atoms with Gasteiger partial charge in [-0.15, -0.1) is 0 Å². The highest BCUT2D eigenvalue weighted by atomic mass is 35.5. The molecule has 0 aromatic heterocycles. The van der Waals surface area contributed by atoms with Crippen LogP contribution in [0, 0.1) is 5.92 Å². The molecule has 1 fully saturated rings. The summed E-state index contributed by atoms with van der Waals surface area (Å²) in [6.45, 7) is 2.07. The fourth-order valence-electron chi connectivity index (χ4n) is 7.56. The van der Waals surface area contributed by atoms with Gasteiger partial charge in [-0.25, -0.2) is 0 Å². The van der Waals surface area contributed by atoms with Gasteiger partial charge in [-0.1, -0.05) is 122 Å². The van der Waals surface area contributed by atoms with Gasteiger partial charge in [-0.3, -0.25) is 14.4 Å². The molecule has 1 saturated heterocycles. The van der Waals surface area contributed by atoms with Gasteiger partial charge >= 0.3 is 0 Å². The number of rotatable bonds is 6. The lowest BCUT2D eigenvalue weighted by atomic mass is 9.69. The van der Waals surface area contributed by atoms with Crippen LogP contribution in [0.5, 0.6) is 0 Å². The van der Waals surface area contributed by atoms with Gasteiger partial charge in [0.05, 0.1) is 5.92 Å². The second-order valence-corrected chi connectivity index (χ2v) is 12.0. The number of fused-ring (bicyclic) bond motifs is 3. The van der Waals surface area contributed by atoms with E-state index >= 15 is 4.79 Å². The summed E-state index contributed by atoms with van der Waals surface area (Å²) in [6.07, 6.45) is 1.35. The molecule has 1 N–H and O–H groups in total. The van der Waals surface area contributed by atoms with E-state index in [-0.39, 0.29) is 17.6 Å². The maximum Gasteiger partial charge on any atom is 0.255 e. The Hall–Kier alpha value is -4.74. The molecule has 4 unspecified atom stereocenters. The number of amides is 2. The van der Waals surface area contributed by atoms with Crippen LogP contribution in [0.15, 0.2) is 121 Å². The smallest absolute Gasteiger partial charge is 0.255 e. The van der Waals surface area contributed by atoms with Crippen molar-refractivity contribution in [2.24, 2.45) is 5.92 Å². The van der Waals surface area contributed by atoms with E-state index in [1.165, 1.54) is 0 Å². The van der Waals surface area contributed by atoms with Crippen molar-refractivity contribution in [3.8, 4) is 0 Å². The molecule has 0 radical (unpaired) electrons. The Labute approximate surface area is 261 Å². The number of hydrogen-bond donors (Lipinski definition) is 1. The van der Waals surface area contributed by atoms with Crippen LogP contribution in [0.1, 0.15) is 57.5 Å². The lowest BCUT2D eigenvalue weighted by Crippen LogP contribution is -2.56. The molecule has 5 nitrogen and oxygen atoms in total. The van der Waals surface area contributed by atoms with Crippen molar-refractivity contribution < 1.29 is 14.4 Å². The van der Waals surface area contributed by atoms with Crippen molar-refractivity contribution in [3.05, 3.63) is 149 Å². The van der Waals surface area contributed by atoms with Gasteiger partial charge in [0.15, 0.2) is 11.3 Å². The number of halogens is 1. The Morgan fingerprint density at radius 1 is 0.818 bits per heavy atom. The van der Waals surface area contributed by atoms with E-state index in [4.69, 9.17) is 11.6 Å². The monoisotopic (exact) mass is 598 g/mol. The molecule has 0 bridgehead atoms. The highest BCUT2D eigenvalue weighted by Crippen LogP contribution is 2.60. The standard InChI is InChI=1S/C38H31ClN2O3/c1-2-11-32-33(25-20-22-27(39)23-21-25)34(35(42)26-13-4-3-5-14-26)38(30-18-8-9-19-31(30)40-37(38)44)41(32)36(43)29-17-10-15-24-12-6-7-16-28(24)29/h3-10,12-23,32-34H,2,11H2,1H3,(H,40,44). The summed E-state index contributed by atoms with van der Waals surface area (Å²) >= 11 is 6.34. The average molecular weight is 599 g/mol. The molecule has 2 aliphatic rings. The van der Waals surface area contributed by atoms with E-state index in [9.17, 15) is 9.59 Å². The number of carbonyl (C=O) groups is 3. The van der Waals surface area contributed by atoms with Crippen LogP contribution in [0.2, 0.25) is 5.02 Å². The number of likely N-dealkylation sites (tertiary alicyclic amines) is 1. The first-order chi connectivity index (χ1) is 21.5. The number of Topliss-reactive ketones (excluding diaryl/α,β-unsaturated/α-hetero) is 1. The molecule has 218 valence electrons. The maximum absolute atomic E-state index is 15.2. The lowest BCUT2D eigenvalue weighted by molar-refractivity contribution is -0.127. The predicted molar refractivity (Wildman–Crippen MR) is 174 cm³/mol. The molecular formula is C38H31ClN2O3. The second kappa shape index (κ2) is 11.1. The minimum absolute atomic E-state index is 0.174. The summed E-state index contributed by atoms with van der Waals surface area (Å²) in [5, 5.41) is 5.39. The van der Waals surface area contributed by atoms with Crippen molar-refractivity contribution in [3.63, 3.8) is 0 Å². The van der Waals surface area contributed by atoms with Gasteiger partial charge in [0.1, 0.15) is 0 Å². The molecule has 7 rings (SSSR count). The largest absolute Gasteiger partial charge is 0.323 e. The van der Waals surface area contributed by atoms with Crippen LogP contribution in [-0.2, 0) is 10.3 Å². The third kappa shape index (κ3) is 4.18. The van der Waals surface area contributed by atoms with E-state index in [1.807, 2.05) is 109 Å². The number of nitrogens with zero attached hydrogens (tertiary/aromatic N) is 1. The van der Waals surface area contributed by atoms with Crippen molar-refractivity contribution >= 4 is 45.7 Å². The Kier molecular flexibility index (Phi) is 7.06. The summed E-state index contributed by atoms with van der Waals surface area (Å²) in [6, 6.07) is 37.0. The Morgan fingerprint density at radius 3 is 2.27 bits per heavy atom. The minimum Gasteiger partial charge on any atom is -0.323 e. The zero-order valence-corrected chi connectivity index (χ0v) is 25.0. The van der Waals surface area contributed by atoms with Crippen molar-refractivity contribution in [1.82, 2.24) is 4.90 Å².